The van der Waals surface area contributed by atoms with E-state index < -0.39 is 43.8 Å². The van der Waals surface area contributed by atoms with Crippen molar-refractivity contribution in [3.63, 3.8) is 0 Å². The Labute approximate surface area is 206 Å². The van der Waals surface area contributed by atoms with Crippen LogP contribution in [-0.4, -0.2) is 64.9 Å². The molecule has 12 heteroatoms. The molecular formula is C24H23N4O7P. The quantitative estimate of drug-likeness (QED) is 0.328. The molecule has 0 saturated carbocycles. The van der Waals surface area contributed by atoms with Gasteiger partial charge in [0.05, 0.1) is 11.1 Å². The molecule has 0 radical (unpaired) electrons. The van der Waals surface area contributed by atoms with E-state index in [9.17, 15) is 14.2 Å². The lowest BCUT2D eigenvalue weighted by Crippen LogP contribution is -2.40. The number of aromatic nitrogens is 3. The summed E-state index contributed by atoms with van der Waals surface area (Å²) in [6, 6.07) is 18.3. The van der Waals surface area contributed by atoms with Crippen LogP contribution < -0.4 is 0 Å². The van der Waals surface area contributed by atoms with Crippen molar-refractivity contribution in [2.24, 2.45) is 0 Å². The van der Waals surface area contributed by atoms with Gasteiger partial charge in [-0.3, -0.25) is 0 Å². The third kappa shape index (κ3) is 6.04. The summed E-state index contributed by atoms with van der Waals surface area (Å²) in [5.41, 5.74) is 0.522. The number of carbonyl (C=O) groups is 2. The molecule has 0 N–H and O–H groups in total. The Morgan fingerprint density at radius 2 is 1.56 bits per heavy atom. The number of nitriles is 1. The van der Waals surface area contributed by atoms with Gasteiger partial charge in [-0.25, -0.2) is 19.3 Å². The molecule has 11 nitrogen and oxygen atoms in total. The Morgan fingerprint density at radius 1 is 1.00 bits per heavy atom. The Balaban J connectivity index is 1.69. The van der Waals surface area contributed by atoms with Gasteiger partial charge in [0, 0.05) is 0 Å². The average molecular weight is 510 g/mol. The molecule has 0 unspecified atom stereocenters. The fraction of sp³-hybridized carbons (Fsp3) is 0.292. The van der Waals surface area contributed by atoms with Crippen LogP contribution in [0.4, 0.5) is 0 Å². The lowest BCUT2D eigenvalue weighted by Gasteiger charge is -2.24. The largest absolute Gasteiger partial charge is 0.450 e. The van der Waals surface area contributed by atoms with Crippen molar-refractivity contribution in [3.8, 4) is 6.07 Å². The molecule has 1 saturated heterocycles. The van der Waals surface area contributed by atoms with Crippen molar-refractivity contribution in [1.82, 2.24) is 14.8 Å². The van der Waals surface area contributed by atoms with Crippen LogP contribution in [0.5, 0.6) is 0 Å². The van der Waals surface area contributed by atoms with Crippen molar-refractivity contribution in [2.75, 3.05) is 19.7 Å². The third-order valence-corrected chi connectivity index (χ3v) is 5.84. The van der Waals surface area contributed by atoms with Gasteiger partial charge in [-0.05, 0) is 37.6 Å². The van der Waals surface area contributed by atoms with Gasteiger partial charge in [0.15, 0.2) is 18.4 Å². The highest BCUT2D eigenvalue weighted by Crippen LogP contribution is 2.40. The first kappa shape index (κ1) is 25.3. The zero-order valence-electron chi connectivity index (χ0n) is 19.5. The van der Waals surface area contributed by atoms with Gasteiger partial charge < -0.3 is 23.5 Å². The van der Waals surface area contributed by atoms with Crippen molar-refractivity contribution in [1.29, 1.82) is 5.26 Å². The Kier molecular flexibility index (Phi) is 7.60. The fourth-order valence-electron chi connectivity index (χ4n) is 3.44. The molecule has 186 valence electrons. The van der Waals surface area contributed by atoms with Gasteiger partial charge in [-0.2, -0.15) is 5.26 Å². The monoisotopic (exact) mass is 510 g/mol. The summed E-state index contributed by atoms with van der Waals surface area (Å²) in [7, 11) is -2.65. The third-order valence-electron chi connectivity index (χ3n) is 5.07. The maximum absolute atomic E-state index is 13.0. The van der Waals surface area contributed by atoms with Crippen molar-refractivity contribution in [3.05, 3.63) is 83.9 Å². The maximum Gasteiger partial charge on any atom is 0.338 e. The van der Waals surface area contributed by atoms with Gasteiger partial charge in [0.25, 0.3) is 5.82 Å². The predicted molar refractivity (Wildman–Crippen MR) is 125 cm³/mol. The second-order valence-corrected chi connectivity index (χ2v) is 11.8. The van der Waals surface area contributed by atoms with Gasteiger partial charge in [0.2, 0.25) is 6.29 Å². The lowest BCUT2D eigenvalue weighted by molar-refractivity contribution is -0.169. The Hall–Kier alpha value is -3.84. The summed E-state index contributed by atoms with van der Waals surface area (Å²) < 4.78 is 36.7. The summed E-state index contributed by atoms with van der Waals surface area (Å²) in [4.78, 5) is 29.8. The van der Waals surface area contributed by atoms with E-state index in [1.54, 1.807) is 60.7 Å². The minimum absolute atomic E-state index is 0.138. The topological polar surface area (TPSA) is 143 Å². The summed E-state index contributed by atoms with van der Waals surface area (Å²) >= 11 is 0. The number of benzene rings is 2. The van der Waals surface area contributed by atoms with E-state index in [4.69, 9.17) is 24.2 Å². The number of ether oxygens (including phenoxy) is 4. The van der Waals surface area contributed by atoms with Crippen molar-refractivity contribution >= 4 is 19.1 Å². The molecular weight excluding hydrogens is 487 g/mol. The first-order valence-electron chi connectivity index (χ1n) is 10.9. The van der Waals surface area contributed by atoms with Gasteiger partial charge in [0.1, 0.15) is 25.9 Å². The molecule has 1 aliphatic rings. The maximum atomic E-state index is 13.0. The van der Waals surface area contributed by atoms with E-state index in [1.165, 1.54) is 24.3 Å². The molecule has 2 aromatic carbocycles. The molecule has 0 aliphatic carbocycles. The standard InChI is InChI=1S/C24H23N4O7P/c1-36(2,31)15-32-24-20(34-23(30)17-11-7-4-8-12-17)19(33-22(29)16-9-5-3-6-10-16)21(35-24)28-14-26-18(13-25)27-28/h3-12,14,19-21,24H,15H2,1-2H3/t19-,20+,21-,24+/m1/s1. The number of hydrogen-bond acceptors (Lipinski definition) is 10. The van der Waals surface area contributed by atoms with Crippen LogP contribution in [0.15, 0.2) is 67.0 Å². The molecule has 2 heterocycles. The molecule has 0 spiro atoms. The van der Waals surface area contributed by atoms with Crippen LogP contribution in [0.25, 0.3) is 0 Å². The molecule has 1 aromatic heterocycles. The van der Waals surface area contributed by atoms with E-state index in [-0.39, 0.29) is 23.3 Å². The van der Waals surface area contributed by atoms with E-state index in [2.05, 4.69) is 10.1 Å². The van der Waals surface area contributed by atoms with Crippen LogP contribution >= 0.6 is 7.14 Å². The second kappa shape index (κ2) is 10.8. The highest BCUT2D eigenvalue weighted by Gasteiger charge is 2.52. The zero-order valence-corrected chi connectivity index (χ0v) is 20.4. The molecule has 3 aromatic rings. The van der Waals surface area contributed by atoms with Gasteiger partial charge >= 0.3 is 11.9 Å². The predicted octanol–water partition coefficient (Wildman–Crippen LogP) is 3.05. The average Bonchev–Trinajstić information content (AvgIpc) is 3.48. The Bertz CT molecular complexity index is 1300. The minimum atomic E-state index is -2.65. The van der Waals surface area contributed by atoms with E-state index in [1.807, 2.05) is 6.07 Å². The number of rotatable bonds is 8. The van der Waals surface area contributed by atoms with Gasteiger partial charge in [-0.15, -0.1) is 5.10 Å². The van der Waals surface area contributed by atoms with Crippen LogP contribution in [-0.2, 0) is 23.5 Å². The summed E-state index contributed by atoms with van der Waals surface area (Å²) in [5.74, 6) is -1.54. The first-order valence-corrected chi connectivity index (χ1v) is 13.7. The van der Waals surface area contributed by atoms with Gasteiger partial charge in [-0.1, -0.05) is 36.4 Å². The van der Waals surface area contributed by atoms with E-state index >= 15 is 0 Å². The summed E-state index contributed by atoms with van der Waals surface area (Å²) in [6.45, 7) is 3.07. The lowest BCUT2D eigenvalue weighted by atomic mass is 10.1. The van der Waals surface area contributed by atoms with Crippen LogP contribution in [0.1, 0.15) is 32.8 Å². The number of esters is 2. The second-order valence-electron chi connectivity index (χ2n) is 8.40. The molecule has 0 amide bonds. The minimum Gasteiger partial charge on any atom is -0.450 e. The van der Waals surface area contributed by atoms with Crippen molar-refractivity contribution in [2.45, 2.75) is 24.7 Å². The molecule has 0 bridgehead atoms. The molecule has 1 fully saturated rings. The van der Waals surface area contributed by atoms with Crippen LogP contribution in [0, 0.1) is 11.3 Å². The number of nitrogens with zero attached hydrogens (tertiary/aromatic N) is 4. The Morgan fingerprint density at radius 3 is 2.06 bits per heavy atom. The molecule has 4 atom stereocenters. The van der Waals surface area contributed by atoms with Crippen LogP contribution in [0.3, 0.4) is 0 Å². The first-order chi connectivity index (χ1) is 17.2. The molecule has 36 heavy (non-hydrogen) atoms. The smallest absolute Gasteiger partial charge is 0.338 e. The number of hydrogen-bond donors (Lipinski definition) is 0. The highest BCUT2D eigenvalue weighted by molar-refractivity contribution is 7.62. The molecule has 1 aliphatic heterocycles. The SMILES string of the molecule is CP(C)(=O)CO[C@H]1O[C@@H](n2cnc(C#N)n2)[C@H](OC(=O)c2ccccc2)[C@@H]1OC(=O)c1ccccc1. The van der Waals surface area contributed by atoms with E-state index in [0.717, 1.165) is 0 Å². The van der Waals surface area contributed by atoms with E-state index in [0.29, 0.717) is 0 Å². The molecule has 4 rings (SSSR count). The van der Waals surface area contributed by atoms with Crippen LogP contribution in [0.2, 0.25) is 0 Å². The van der Waals surface area contributed by atoms with Crippen molar-refractivity contribution < 1.29 is 33.1 Å². The zero-order chi connectivity index (χ0) is 25.7. The summed E-state index contributed by atoms with van der Waals surface area (Å²) in [6.07, 6.45) is -3.84. The normalized spacial score (nSPS) is 21.5. The highest BCUT2D eigenvalue weighted by atomic mass is 31.2. The summed E-state index contributed by atoms with van der Waals surface area (Å²) in [5, 5.41) is 13.2. The number of carbonyl (C=O) groups excluding carboxylic acids is 2. The fourth-order valence-corrected chi connectivity index (χ4v) is 3.94.